The summed E-state index contributed by atoms with van der Waals surface area (Å²) in [4.78, 5) is 4.90. The molecule has 1 saturated heterocycles. The predicted molar refractivity (Wildman–Crippen MR) is 88.6 cm³/mol. The van der Waals surface area contributed by atoms with Gasteiger partial charge in [-0.15, -0.1) is 0 Å². The first-order valence-electron chi connectivity index (χ1n) is 7.95. The van der Waals surface area contributed by atoms with E-state index in [0.29, 0.717) is 11.7 Å². The first-order valence-corrected chi connectivity index (χ1v) is 7.95. The van der Waals surface area contributed by atoms with Gasteiger partial charge in [-0.05, 0) is 38.3 Å². The standard InChI is InChI=1S/C17H21N5/c1-11-4-5-12(7-11)14-10-20-22-16(18)8-15(21-17(14)22)13-3-2-6-19-9-13/h5,7-8,10,13,19H,2-4,6,9,18H2,1H3. The van der Waals surface area contributed by atoms with Gasteiger partial charge in [0.2, 0.25) is 0 Å². The van der Waals surface area contributed by atoms with Gasteiger partial charge < -0.3 is 11.1 Å². The maximum atomic E-state index is 6.21. The highest BCUT2D eigenvalue weighted by Gasteiger charge is 2.20. The number of piperidine rings is 1. The lowest BCUT2D eigenvalue weighted by Crippen LogP contribution is -2.29. The van der Waals surface area contributed by atoms with Crippen LogP contribution in [0.25, 0.3) is 11.2 Å². The number of anilines is 1. The van der Waals surface area contributed by atoms with Gasteiger partial charge in [0.05, 0.1) is 11.9 Å². The highest BCUT2D eigenvalue weighted by Crippen LogP contribution is 2.30. The number of rotatable bonds is 2. The van der Waals surface area contributed by atoms with Crippen LogP contribution in [0.1, 0.15) is 43.4 Å². The van der Waals surface area contributed by atoms with Gasteiger partial charge in [-0.1, -0.05) is 17.7 Å². The molecule has 0 amide bonds. The summed E-state index contributed by atoms with van der Waals surface area (Å²) in [5.41, 5.74) is 11.8. The second-order valence-electron chi connectivity index (χ2n) is 6.30. The van der Waals surface area contributed by atoms with Crippen LogP contribution < -0.4 is 11.1 Å². The van der Waals surface area contributed by atoms with Gasteiger partial charge in [0, 0.05) is 24.1 Å². The lowest BCUT2D eigenvalue weighted by molar-refractivity contribution is 0.455. The van der Waals surface area contributed by atoms with Crippen molar-refractivity contribution in [3.05, 3.63) is 41.2 Å². The smallest absolute Gasteiger partial charge is 0.165 e. The molecule has 2 aromatic rings. The third-order valence-corrected chi connectivity index (χ3v) is 4.59. The van der Waals surface area contributed by atoms with Crippen LogP contribution in [0.2, 0.25) is 0 Å². The van der Waals surface area contributed by atoms with Crippen molar-refractivity contribution in [1.29, 1.82) is 0 Å². The number of nitrogen functional groups attached to an aromatic ring is 1. The van der Waals surface area contributed by atoms with Gasteiger partial charge in [-0.25, -0.2) is 4.98 Å². The van der Waals surface area contributed by atoms with Crippen LogP contribution >= 0.6 is 0 Å². The first kappa shape index (κ1) is 13.5. The minimum absolute atomic E-state index is 0.443. The predicted octanol–water partition coefficient (Wildman–Crippen LogP) is 2.51. The van der Waals surface area contributed by atoms with Gasteiger partial charge in [-0.2, -0.15) is 9.61 Å². The van der Waals surface area contributed by atoms with Crippen molar-refractivity contribution in [1.82, 2.24) is 19.9 Å². The van der Waals surface area contributed by atoms with Crippen LogP contribution in [-0.2, 0) is 0 Å². The lowest BCUT2D eigenvalue weighted by Gasteiger charge is -2.22. The molecular formula is C17H21N5. The zero-order chi connectivity index (χ0) is 15.1. The number of nitrogens with zero attached hydrogens (tertiary/aromatic N) is 3. The Morgan fingerprint density at radius 1 is 1.41 bits per heavy atom. The molecule has 1 atom stereocenters. The summed E-state index contributed by atoms with van der Waals surface area (Å²) in [7, 11) is 0. The zero-order valence-electron chi connectivity index (χ0n) is 12.8. The molecule has 0 saturated carbocycles. The molecule has 0 bridgehead atoms. The topological polar surface area (TPSA) is 68.2 Å². The third kappa shape index (κ3) is 2.22. The molecule has 3 N–H and O–H groups in total. The molecule has 5 heteroatoms. The molecule has 0 aromatic carbocycles. The van der Waals surface area contributed by atoms with Crippen LogP contribution in [0, 0.1) is 0 Å². The van der Waals surface area contributed by atoms with E-state index < -0.39 is 0 Å². The quantitative estimate of drug-likeness (QED) is 0.893. The van der Waals surface area contributed by atoms with E-state index in [2.05, 4.69) is 29.5 Å². The Morgan fingerprint density at radius 2 is 2.32 bits per heavy atom. The fourth-order valence-electron chi connectivity index (χ4n) is 3.36. The number of hydrogen-bond donors (Lipinski definition) is 2. The Bertz CT molecular complexity index is 778. The molecule has 114 valence electrons. The average molecular weight is 295 g/mol. The molecule has 2 aromatic heterocycles. The van der Waals surface area contributed by atoms with E-state index >= 15 is 0 Å². The van der Waals surface area contributed by atoms with E-state index in [4.69, 9.17) is 10.7 Å². The number of aromatic nitrogens is 3. The summed E-state index contributed by atoms with van der Waals surface area (Å²) in [6.45, 7) is 4.23. The summed E-state index contributed by atoms with van der Waals surface area (Å²) >= 11 is 0. The molecule has 4 rings (SSSR count). The fraction of sp³-hybridized carbons (Fsp3) is 0.412. The van der Waals surface area contributed by atoms with Crippen molar-refractivity contribution in [2.45, 2.75) is 32.1 Å². The summed E-state index contributed by atoms with van der Waals surface area (Å²) in [6, 6.07) is 1.98. The number of hydrogen-bond acceptors (Lipinski definition) is 4. The summed E-state index contributed by atoms with van der Waals surface area (Å²) in [5, 5.41) is 7.86. The molecule has 0 spiro atoms. The molecule has 1 unspecified atom stereocenters. The average Bonchev–Trinajstić information content (AvgIpc) is 3.14. The fourth-order valence-corrected chi connectivity index (χ4v) is 3.36. The Morgan fingerprint density at radius 3 is 3.05 bits per heavy atom. The zero-order valence-corrected chi connectivity index (χ0v) is 12.8. The van der Waals surface area contributed by atoms with Crippen LogP contribution in [0.5, 0.6) is 0 Å². The third-order valence-electron chi connectivity index (χ3n) is 4.59. The van der Waals surface area contributed by atoms with Gasteiger partial charge in [0.25, 0.3) is 0 Å². The molecule has 22 heavy (non-hydrogen) atoms. The second-order valence-corrected chi connectivity index (χ2v) is 6.30. The maximum absolute atomic E-state index is 6.21. The first-order chi connectivity index (χ1) is 10.7. The van der Waals surface area contributed by atoms with E-state index in [1.54, 1.807) is 4.52 Å². The van der Waals surface area contributed by atoms with Crippen molar-refractivity contribution in [2.75, 3.05) is 18.8 Å². The van der Waals surface area contributed by atoms with Crippen LogP contribution in [0.3, 0.4) is 0 Å². The van der Waals surface area contributed by atoms with Crippen molar-refractivity contribution >= 4 is 17.0 Å². The Balaban J connectivity index is 1.81. The van der Waals surface area contributed by atoms with Crippen molar-refractivity contribution in [2.24, 2.45) is 0 Å². The molecule has 1 aliphatic heterocycles. The maximum Gasteiger partial charge on any atom is 0.165 e. The molecule has 3 heterocycles. The Labute approximate surface area is 129 Å². The van der Waals surface area contributed by atoms with Crippen LogP contribution in [0.4, 0.5) is 5.82 Å². The largest absolute Gasteiger partial charge is 0.384 e. The van der Waals surface area contributed by atoms with Gasteiger partial charge in [-0.3, -0.25) is 0 Å². The van der Waals surface area contributed by atoms with Crippen molar-refractivity contribution in [3.63, 3.8) is 0 Å². The van der Waals surface area contributed by atoms with E-state index in [9.17, 15) is 0 Å². The summed E-state index contributed by atoms with van der Waals surface area (Å²) in [5.74, 6) is 1.11. The van der Waals surface area contributed by atoms with Crippen LogP contribution in [0.15, 0.2) is 30.0 Å². The monoisotopic (exact) mass is 295 g/mol. The van der Waals surface area contributed by atoms with Crippen LogP contribution in [-0.4, -0.2) is 27.7 Å². The molecule has 5 nitrogen and oxygen atoms in total. The van der Waals surface area contributed by atoms with Gasteiger partial charge in [0.15, 0.2) is 5.65 Å². The minimum Gasteiger partial charge on any atom is -0.384 e. The molecule has 0 radical (unpaired) electrons. The number of nitrogens with two attached hydrogens (primary N) is 1. The van der Waals surface area contributed by atoms with Crippen molar-refractivity contribution in [3.8, 4) is 0 Å². The van der Waals surface area contributed by atoms with E-state index in [1.807, 2.05) is 12.3 Å². The van der Waals surface area contributed by atoms with E-state index in [1.165, 1.54) is 24.0 Å². The number of nitrogens with one attached hydrogen (secondary N) is 1. The normalized spacial score (nSPS) is 22.0. The summed E-state index contributed by atoms with van der Waals surface area (Å²) < 4.78 is 1.75. The van der Waals surface area contributed by atoms with Gasteiger partial charge >= 0.3 is 0 Å². The molecular weight excluding hydrogens is 274 g/mol. The highest BCUT2D eigenvalue weighted by molar-refractivity contribution is 5.84. The molecule has 2 aliphatic rings. The highest BCUT2D eigenvalue weighted by atomic mass is 15.3. The van der Waals surface area contributed by atoms with E-state index in [-0.39, 0.29) is 0 Å². The van der Waals surface area contributed by atoms with Crippen molar-refractivity contribution < 1.29 is 0 Å². The lowest BCUT2D eigenvalue weighted by atomic mass is 9.96. The molecule has 1 fully saturated rings. The summed E-state index contributed by atoms with van der Waals surface area (Å²) in [6.07, 6.45) is 9.69. The second kappa shape index (κ2) is 5.25. The van der Waals surface area contributed by atoms with E-state index in [0.717, 1.165) is 36.4 Å². The van der Waals surface area contributed by atoms with Gasteiger partial charge in [0.1, 0.15) is 5.82 Å². The Kier molecular flexibility index (Phi) is 3.22. The SMILES string of the molecule is CC1=CC(c2cnn3c(N)cc(C4CCCNC4)nc23)=CC1. The number of fused-ring (bicyclic) bond motifs is 1. The Hall–Kier alpha value is -2.14. The minimum atomic E-state index is 0.443. The molecule has 1 aliphatic carbocycles. The number of allylic oxidation sites excluding steroid dienone is 4.